The second-order valence-corrected chi connectivity index (χ2v) is 6.22. The summed E-state index contributed by atoms with van der Waals surface area (Å²) in [6, 6.07) is 10.4. The van der Waals surface area contributed by atoms with Crippen LogP contribution in [0.25, 0.3) is 0 Å². The molecule has 0 radical (unpaired) electrons. The van der Waals surface area contributed by atoms with Gasteiger partial charge in [-0.2, -0.15) is 0 Å². The molecule has 0 saturated heterocycles. The summed E-state index contributed by atoms with van der Waals surface area (Å²) in [4.78, 5) is 27.9. The number of hydrogen-bond donors (Lipinski definition) is 2. The van der Waals surface area contributed by atoms with E-state index in [4.69, 9.17) is 5.11 Å². The molecule has 1 saturated carbocycles. The number of aromatic nitrogens is 1. The number of carbonyl (C=O) groups excluding carboxylic acids is 1. The minimum absolute atomic E-state index is 0.0234. The molecule has 0 atom stereocenters. The highest BCUT2D eigenvalue weighted by molar-refractivity contribution is 5.89. The van der Waals surface area contributed by atoms with Gasteiger partial charge in [0.25, 0.3) is 0 Å². The number of nitrogens with zero attached hydrogens (tertiary/aromatic N) is 1. The van der Waals surface area contributed by atoms with Gasteiger partial charge in [0.05, 0.1) is 11.0 Å². The predicted octanol–water partition coefficient (Wildman–Crippen LogP) is 2.91. The number of aromatic carboxylic acids is 1. The first-order valence-electron chi connectivity index (χ1n) is 8.13. The summed E-state index contributed by atoms with van der Waals surface area (Å²) in [5.74, 6) is -0.928. The van der Waals surface area contributed by atoms with Crippen molar-refractivity contribution in [2.75, 3.05) is 0 Å². The van der Waals surface area contributed by atoms with Gasteiger partial charge in [-0.1, -0.05) is 31.0 Å². The van der Waals surface area contributed by atoms with Crippen LogP contribution in [0.3, 0.4) is 0 Å². The Morgan fingerprint density at radius 1 is 1.12 bits per heavy atom. The molecular weight excluding hydrogens is 304 g/mol. The molecule has 1 aliphatic rings. The molecule has 1 amide bonds. The first kappa shape index (κ1) is 16.2. The van der Waals surface area contributed by atoms with Crippen molar-refractivity contribution in [3.63, 3.8) is 0 Å². The monoisotopic (exact) mass is 324 g/mol. The van der Waals surface area contributed by atoms with Gasteiger partial charge in [0.1, 0.15) is 0 Å². The van der Waals surface area contributed by atoms with E-state index < -0.39 is 11.4 Å². The molecule has 3 rings (SSSR count). The zero-order chi connectivity index (χ0) is 17.0. The highest BCUT2D eigenvalue weighted by Gasteiger charge is 2.42. The molecule has 5 nitrogen and oxygen atoms in total. The first-order valence-corrected chi connectivity index (χ1v) is 8.13. The fourth-order valence-corrected chi connectivity index (χ4v) is 3.39. The largest absolute Gasteiger partial charge is 0.478 e. The molecule has 1 fully saturated rings. The lowest BCUT2D eigenvalue weighted by Gasteiger charge is -2.28. The van der Waals surface area contributed by atoms with E-state index in [-0.39, 0.29) is 11.5 Å². The van der Waals surface area contributed by atoms with Crippen molar-refractivity contribution in [3.8, 4) is 0 Å². The van der Waals surface area contributed by atoms with Gasteiger partial charge in [0, 0.05) is 18.9 Å². The molecule has 124 valence electrons. The van der Waals surface area contributed by atoms with Crippen molar-refractivity contribution in [3.05, 3.63) is 65.5 Å². The summed E-state index contributed by atoms with van der Waals surface area (Å²) in [6.45, 7) is 0.390. The van der Waals surface area contributed by atoms with Gasteiger partial charge in [0.15, 0.2) is 0 Å². The maximum absolute atomic E-state index is 12.9. The third-order valence-corrected chi connectivity index (χ3v) is 4.76. The second kappa shape index (κ2) is 6.83. The topological polar surface area (TPSA) is 79.3 Å². The second-order valence-electron chi connectivity index (χ2n) is 6.22. The Morgan fingerprint density at radius 3 is 2.42 bits per heavy atom. The molecule has 0 unspecified atom stereocenters. The van der Waals surface area contributed by atoms with Crippen LogP contribution in [0.1, 0.15) is 47.2 Å². The van der Waals surface area contributed by atoms with Gasteiger partial charge in [-0.3, -0.25) is 9.78 Å². The molecule has 5 heteroatoms. The molecule has 1 heterocycles. The van der Waals surface area contributed by atoms with Crippen LogP contribution in [0.4, 0.5) is 0 Å². The van der Waals surface area contributed by atoms with Crippen LogP contribution in [0.5, 0.6) is 0 Å². The average Bonchev–Trinajstić information content (AvgIpc) is 3.12. The van der Waals surface area contributed by atoms with Crippen molar-refractivity contribution in [2.45, 2.75) is 37.6 Å². The highest BCUT2D eigenvalue weighted by atomic mass is 16.4. The summed E-state index contributed by atoms with van der Waals surface area (Å²) >= 11 is 0. The predicted molar refractivity (Wildman–Crippen MR) is 89.6 cm³/mol. The van der Waals surface area contributed by atoms with Gasteiger partial charge in [-0.25, -0.2) is 4.79 Å². The van der Waals surface area contributed by atoms with Crippen LogP contribution < -0.4 is 5.32 Å². The zero-order valence-electron chi connectivity index (χ0n) is 13.4. The zero-order valence-corrected chi connectivity index (χ0v) is 13.4. The van der Waals surface area contributed by atoms with Crippen LogP contribution in [-0.4, -0.2) is 22.0 Å². The Kier molecular flexibility index (Phi) is 4.60. The van der Waals surface area contributed by atoms with E-state index in [9.17, 15) is 9.59 Å². The van der Waals surface area contributed by atoms with Crippen LogP contribution in [-0.2, 0) is 16.8 Å². The van der Waals surface area contributed by atoms with E-state index in [0.717, 1.165) is 36.8 Å². The van der Waals surface area contributed by atoms with Crippen LogP contribution >= 0.6 is 0 Å². The van der Waals surface area contributed by atoms with E-state index in [0.29, 0.717) is 6.54 Å². The number of carboxylic acid groups (broad SMARTS) is 1. The number of nitrogens with one attached hydrogen (secondary N) is 1. The minimum atomic E-state index is -0.952. The van der Waals surface area contributed by atoms with Crippen molar-refractivity contribution in [1.29, 1.82) is 0 Å². The third kappa shape index (κ3) is 3.15. The number of benzene rings is 1. The van der Waals surface area contributed by atoms with Gasteiger partial charge in [0.2, 0.25) is 5.91 Å². The van der Waals surface area contributed by atoms with Crippen molar-refractivity contribution >= 4 is 11.9 Å². The van der Waals surface area contributed by atoms with Crippen LogP contribution in [0, 0.1) is 0 Å². The summed E-state index contributed by atoms with van der Waals surface area (Å²) in [5.41, 5.74) is 1.61. The molecule has 0 spiro atoms. The van der Waals surface area contributed by atoms with Gasteiger partial charge in [-0.05, 0) is 42.2 Å². The molecular formula is C19H20N2O3. The van der Waals surface area contributed by atoms with E-state index in [2.05, 4.69) is 10.3 Å². The molecule has 2 aromatic rings. The maximum Gasteiger partial charge on any atom is 0.335 e. The maximum atomic E-state index is 12.9. The molecule has 2 N–H and O–H groups in total. The summed E-state index contributed by atoms with van der Waals surface area (Å²) in [7, 11) is 0. The Bertz CT molecular complexity index is 720. The van der Waals surface area contributed by atoms with Gasteiger partial charge < -0.3 is 10.4 Å². The van der Waals surface area contributed by atoms with E-state index in [1.54, 1.807) is 36.7 Å². The summed E-state index contributed by atoms with van der Waals surface area (Å²) in [5, 5.41) is 11.9. The molecule has 0 aliphatic heterocycles. The summed E-state index contributed by atoms with van der Waals surface area (Å²) < 4.78 is 0. The number of hydrogen-bond acceptors (Lipinski definition) is 3. The quantitative estimate of drug-likeness (QED) is 0.886. The van der Waals surface area contributed by atoms with E-state index in [1.165, 1.54) is 0 Å². The molecule has 1 aliphatic carbocycles. The Morgan fingerprint density at radius 2 is 1.83 bits per heavy atom. The highest BCUT2D eigenvalue weighted by Crippen LogP contribution is 2.41. The normalized spacial score (nSPS) is 15.8. The number of carboxylic acids is 1. The lowest BCUT2D eigenvalue weighted by atomic mass is 9.78. The fourth-order valence-electron chi connectivity index (χ4n) is 3.39. The number of pyridine rings is 1. The molecule has 0 bridgehead atoms. The Balaban J connectivity index is 1.72. The standard InChI is InChI=1S/C19H20N2O3/c22-17(23)15-7-5-14(6-8-15)12-21-18(24)19(9-1-2-10-19)16-4-3-11-20-13-16/h3-8,11,13H,1-2,9-10,12H2,(H,21,24)(H,22,23). The van der Waals surface area contributed by atoms with Crippen molar-refractivity contribution < 1.29 is 14.7 Å². The Labute approximate surface area is 140 Å². The lowest BCUT2D eigenvalue weighted by Crippen LogP contribution is -2.42. The molecule has 24 heavy (non-hydrogen) atoms. The first-order chi connectivity index (χ1) is 11.6. The number of rotatable bonds is 5. The SMILES string of the molecule is O=C(O)c1ccc(CNC(=O)C2(c3cccnc3)CCCC2)cc1. The Hall–Kier alpha value is -2.69. The summed E-state index contributed by atoms with van der Waals surface area (Å²) in [6.07, 6.45) is 7.25. The van der Waals surface area contributed by atoms with E-state index in [1.807, 2.05) is 12.1 Å². The minimum Gasteiger partial charge on any atom is -0.478 e. The van der Waals surface area contributed by atoms with Crippen LogP contribution in [0.15, 0.2) is 48.8 Å². The third-order valence-electron chi connectivity index (χ3n) is 4.76. The number of carbonyl (C=O) groups is 2. The van der Waals surface area contributed by atoms with Gasteiger partial charge >= 0.3 is 5.97 Å². The lowest BCUT2D eigenvalue weighted by molar-refractivity contribution is -0.126. The molecule has 1 aromatic heterocycles. The fraction of sp³-hybridized carbons (Fsp3) is 0.316. The van der Waals surface area contributed by atoms with Gasteiger partial charge in [-0.15, -0.1) is 0 Å². The smallest absolute Gasteiger partial charge is 0.335 e. The number of amides is 1. The van der Waals surface area contributed by atoms with Crippen LogP contribution in [0.2, 0.25) is 0 Å². The van der Waals surface area contributed by atoms with Crippen molar-refractivity contribution in [1.82, 2.24) is 10.3 Å². The average molecular weight is 324 g/mol. The molecule has 1 aromatic carbocycles. The van der Waals surface area contributed by atoms with Crippen molar-refractivity contribution in [2.24, 2.45) is 0 Å². The van der Waals surface area contributed by atoms with E-state index >= 15 is 0 Å².